The van der Waals surface area contributed by atoms with Crippen LogP contribution in [0, 0.1) is 6.92 Å². The normalized spacial score (nSPS) is 20.1. The molecule has 26 heavy (non-hydrogen) atoms. The molecule has 1 saturated heterocycles. The summed E-state index contributed by atoms with van der Waals surface area (Å²) in [4.78, 5) is 27.7. The Bertz CT molecular complexity index is 1000. The first kappa shape index (κ1) is 16.8. The van der Waals surface area contributed by atoms with Crippen molar-refractivity contribution in [1.29, 1.82) is 0 Å². The summed E-state index contributed by atoms with van der Waals surface area (Å²) in [5.74, 6) is 0.587. The fourth-order valence-corrected chi connectivity index (χ4v) is 4.52. The lowest BCUT2D eigenvalue weighted by Gasteiger charge is -2.20. The van der Waals surface area contributed by atoms with E-state index in [-0.39, 0.29) is 22.1 Å². The van der Waals surface area contributed by atoms with Gasteiger partial charge in [-0.3, -0.25) is 19.2 Å². The van der Waals surface area contributed by atoms with Gasteiger partial charge >= 0.3 is 0 Å². The summed E-state index contributed by atoms with van der Waals surface area (Å²) in [5, 5.41) is -0.584. The second kappa shape index (κ2) is 6.25. The molecule has 4 rings (SSSR count). The van der Waals surface area contributed by atoms with Crippen molar-refractivity contribution >= 4 is 23.4 Å². The highest BCUT2D eigenvalue weighted by Crippen LogP contribution is 2.45. The second-order valence-electron chi connectivity index (χ2n) is 6.26. The Hall–Kier alpha value is -2.67. The summed E-state index contributed by atoms with van der Waals surface area (Å²) in [6.45, 7) is 3.72. The molecule has 2 atom stereocenters. The van der Waals surface area contributed by atoms with Crippen LogP contribution in [0.1, 0.15) is 23.8 Å². The van der Waals surface area contributed by atoms with Crippen molar-refractivity contribution in [1.82, 2.24) is 9.36 Å². The highest BCUT2D eigenvalue weighted by atomic mass is 32.2. The minimum absolute atomic E-state index is 0.0811. The maximum Gasteiger partial charge on any atom is 0.295 e. The average molecular weight is 369 g/mol. The van der Waals surface area contributed by atoms with Crippen molar-refractivity contribution < 1.29 is 9.21 Å². The molecule has 0 unspecified atom stereocenters. The smallest absolute Gasteiger partial charge is 0.295 e. The SMILES string of the molecule is Cc1c(N2C(=O)[C@H](C)S[C@H]2c2ccco2)c(=O)n(-c2ccccc2)n1C. The number of aromatic nitrogens is 2. The fourth-order valence-electron chi connectivity index (χ4n) is 3.31. The number of thioether (sulfide) groups is 1. The van der Waals surface area contributed by atoms with Crippen LogP contribution in [0.2, 0.25) is 0 Å². The zero-order valence-corrected chi connectivity index (χ0v) is 15.6. The molecule has 1 aliphatic heterocycles. The molecule has 0 bridgehead atoms. The lowest BCUT2D eigenvalue weighted by Crippen LogP contribution is -2.34. The number of furan rings is 1. The summed E-state index contributed by atoms with van der Waals surface area (Å²) < 4.78 is 8.91. The van der Waals surface area contributed by atoms with Gasteiger partial charge in [0.05, 0.1) is 22.9 Å². The molecule has 0 spiro atoms. The Labute approximate surface area is 155 Å². The molecular formula is C19H19N3O3S. The van der Waals surface area contributed by atoms with E-state index in [1.165, 1.54) is 11.8 Å². The van der Waals surface area contributed by atoms with E-state index < -0.39 is 0 Å². The van der Waals surface area contributed by atoms with Gasteiger partial charge in [0.15, 0.2) is 0 Å². The van der Waals surface area contributed by atoms with Crippen molar-refractivity contribution in [3.8, 4) is 5.69 Å². The number of hydrogen-bond acceptors (Lipinski definition) is 4. The number of amides is 1. The van der Waals surface area contributed by atoms with Gasteiger partial charge in [-0.15, -0.1) is 11.8 Å². The number of anilines is 1. The van der Waals surface area contributed by atoms with Crippen LogP contribution in [-0.4, -0.2) is 20.5 Å². The van der Waals surface area contributed by atoms with Crippen molar-refractivity contribution in [2.24, 2.45) is 7.05 Å². The number of carbonyl (C=O) groups excluding carboxylic acids is 1. The molecule has 1 amide bonds. The highest BCUT2D eigenvalue weighted by molar-refractivity contribution is 8.01. The van der Waals surface area contributed by atoms with E-state index in [2.05, 4.69) is 0 Å². The molecule has 2 aromatic heterocycles. The number of carbonyl (C=O) groups is 1. The van der Waals surface area contributed by atoms with E-state index in [1.54, 1.807) is 26.6 Å². The van der Waals surface area contributed by atoms with Gasteiger partial charge < -0.3 is 4.42 Å². The molecule has 0 aliphatic carbocycles. The molecule has 0 N–H and O–H groups in total. The maximum absolute atomic E-state index is 13.3. The molecule has 1 aromatic carbocycles. The van der Waals surface area contributed by atoms with Crippen LogP contribution in [0.25, 0.3) is 5.69 Å². The first-order valence-electron chi connectivity index (χ1n) is 8.36. The van der Waals surface area contributed by atoms with Crippen LogP contribution in [0.15, 0.2) is 57.9 Å². The summed E-state index contributed by atoms with van der Waals surface area (Å²) >= 11 is 1.49. The quantitative estimate of drug-likeness (QED) is 0.711. The zero-order chi connectivity index (χ0) is 18.4. The molecule has 1 fully saturated rings. The lowest BCUT2D eigenvalue weighted by atomic mass is 10.2. The van der Waals surface area contributed by atoms with Gasteiger partial charge in [0.1, 0.15) is 16.8 Å². The largest absolute Gasteiger partial charge is 0.466 e. The first-order chi connectivity index (χ1) is 12.5. The predicted molar refractivity (Wildman–Crippen MR) is 102 cm³/mol. The molecule has 1 aliphatic rings. The third kappa shape index (κ3) is 2.42. The van der Waals surface area contributed by atoms with Crippen LogP contribution in [0.4, 0.5) is 5.69 Å². The summed E-state index contributed by atoms with van der Waals surface area (Å²) in [6, 6.07) is 13.0. The monoisotopic (exact) mass is 369 g/mol. The minimum atomic E-state index is -0.342. The van der Waals surface area contributed by atoms with Crippen molar-refractivity contribution in [3.63, 3.8) is 0 Å². The van der Waals surface area contributed by atoms with Crippen LogP contribution in [-0.2, 0) is 11.8 Å². The van der Waals surface area contributed by atoms with Gasteiger partial charge in [-0.25, -0.2) is 4.68 Å². The molecule has 3 aromatic rings. The van der Waals surface area contributed by atoms with E-state index in [0.717, 1.165) is 11.4 Å². The zero-order valence-electron chi connectivity index (χ0n) is 14.7. The topological polar surface area (TPSA) is 60.4 Å². The third-order valence-electron chi connectivity index (χ3n) is 4.70. The highest BCUT2D eigenvalue weighted by Gasteiger charge is 2.43. The molecule has 0 radical (unpaired) electrons. The number of rotatable bonds is 3. The van der Waals surface area contributed by atoms with Gasteiger partial charge in [-0.2, -0.15) is 0 Å². The molecule has 134 valence electrons. The summed E-state index contributed by atoms with van der Waals surface area (Å²) in [7, 11) is 1.83. The standard InChI is InChI=1S/C19H19N3O3S/c1-12-16(18(24)22(20(12)3)14-8-5-4-6-9-14)21-17(23)13(2)26-19(21)15-10-7-11-25-15/h4-11,13,19H,1-3H3/t13-,19-/m0/s1. The summed E-state index contributed by atoms with van der Waals surface area (Å²) in [5.41, 5.74) is 1.69. The Morgan fingerprint density at radius 2 is 1.81 bits per heavy atom. The number of para-hydroxylation sites is 1. The van der Waals surface area contributed by atoms with Crippen LogP contribution in [0.5, 0.6) is 0 Å². The predicted octanol–water partition coefficient (Wildman–Crippen LogP) is 3.24. The Morgan fingerprint density at radius 1 is 1.08 bits per heavy atom. The third-order valence-corrected chi connectivity index (χ3v) is 6.01. The fraction of sp³-hybridized carbons (Fsp3) is 0.263. The second-order valence-corrected chi connectivity index (χ2v) is 7.69. The van der Waals surface area contributed by atoms with E-state index in [1.807, 2.05) is 57.3 Å². The molecule has 3 heterocycles. The molecule has 6 nitrogen and oxygen atoms in total. The Balaban J connectivity index is 1.90. The van der Waals surface area contributed by atoms with Crippen LogP contribution in [0.3, 0.4) is 0 Å². The van der Waals surface area contributed by atoms with E-state index in [9.17, 15) is 9.59 Å². The first-order valence-corrected chi connectivity index (χ1v) is 9.31. The number of benzene rings is 1. The van der Waals surface area contributed by atoms with Crippen molar-refractivity contribution in [3.05, 3.63) is 70.5 Å². The van der Waals surface area contributed by atoms with Crippen molar-refractivity contribution in [2.45, 2.75) is 24.5 Å². The minimum Gasteiger partial charge on any atom is -0.466 e. The summed E-state index contributed by atoms with van der Waals surface area (Å²) in [6.07, 6.45) is 1.58. The molecule has 7 heteroatoms. The van der Waals surface area contributed by atoms with Crippen molar-refractivity contribution in [2.75, 3.05) is 4.90 Å². The van der Waals surface area contributed by atoms with Crippen LogP contribution < -0.4 is 10.5 Å². The van der Waals surface area contributed by atoms with E-state index >= 15 is 0 Å². The Kier molecular flexibility index (Phi) is 4.03. The van der Waals surface area contributed by atoms with Gasteiger partial charge in [-0.05, 0) is 38.1 Å². The van der Waals surface area contributed by atoms with E-state index in [0.29, 0.717) is 11.4 Å². The molecule has 0 saturated carbocycles. The van der Waals surface area contributed by atoms with Crippen LogP contribution >= 0.6 is 11.8 Å². The van der Waals surface area contributed by atoms with Gasteiger partial charge in [0, 0.05) is 7.05 Å². The number of hydrogen-bond donors (Lipinski definition) is 0. The maximum atomic E-state index is 13.3. The van der Waals surface area contributed by atoms with Gasteiger partial charge in [0.25, 0.3) is 5.56 Å². The van der Waals surface area contributed by atoms with Gasteiger partial charge in [-0.1, -0.05) is 18.2 Å². The lowest BCUT2D eigenvalue weighted by molar-refractivity contribution is -0.117. The number of nitrogens with zero attached hydrogens (tertiary/aromatic N) is 3. The molecular weight excluding hydrogens is 350 g/mol. The van der Waals surface area contributed by atoms with E-state index in [4.69, 9.17) is 4.42 Å². The Morgan fingerprint density at radius 3 is 2.46 bits per heavy atom. The average Bonchev–Trinajstić information content (AvgIpc) is 3.31. The van der Waals surface area contributed by atoms with Gasteiger partial charge in [0.2, 0.25) is 5.91 Å².